The average Bonchev–Trinajstić information content (AvgIpc) is 2.62. The van der Waals surface area contributed by atoms with Gasteiger partial charge in [0.2, 0.25) is 0 Å². The number of benzene rings is 2. The smallest absolute Gasteiger partial charge is 0.162 e. The predicted octanol–water partition coefficient (Wildman–Crippen LogP) is 2.92. The number of phenols is 2. The summed E-state index contributed by atoms with van der Waals surface area (Å²) < 4.78 is 5.11. The number of amidine groups is 1. The van der Waals surface area contributed by atoms with Gasteiger partial charge in [-0.2, -0.15) is 0 Å². The summed E-state index contributed by atoms with van der Waals surface area (Å²) in [5.74, 6) is 0.611. The van der Waals surface area contributed by atoms with Gasteiger partial charge in [0.25, 0.3) is 0 Å². The van der Waals surface area contributed by atoms with Crippen molar-refractivity contribution in [2.75, 3.05) is 14.2 Å². The molecule has 1 heterocycles. The summed E-state index contributed by atoms with van der Waals surface area (Å²) in [6.07, 6.45) is 1.01. The van der Waals surface area contributed by atoms with Gasteiger partial charge in [0.15, 0.2) is 12.0 Å². The Kier molecular flexibility index (Phi) is 4.34. The van der Waals surface area contributed by atoms with Crippen molar-refractivity contribution in [2.45, 2.75) is 6.17 Å². The first-order valence-electron chi connectivity index (χ1n) is 7.41. The van der Waals surface area contributed by atoms with Crippen LogP contribution in [-0.2, 0) is 0 Å². The summed E-state index contributed by atoms with van der Waals surface area (Å²) in [4.78, 5) is 21.7. The average molecular weight is 340 g/mol. The molecule has 8 nitrogen and oxygen atoms in total. The van der Waals surface area contributed by atoms with E-state index in [-0.39, 0.29) is 23.0 Å². The highest BCUT2D eigenvalue weighted by atomic mass is 16.5. The predicted molar refractivity (Wildman–Crippen MR) is 93.8 cm³/mol. The van der Waals surface area contributed by atoms with Gasteiger partial charge in [0.1, 0.15) is 22.9 Å². The zero-order valence-corrected chi connectivity index (χ0v) is 13.6. The Morgan fingerprint density at radius 3 is 2.68 bits per heavy atom. The molecule has 2 aromatic carbocycles. The molecule has 0 amide bonds. The molecule has 0 aliphatic carbocycles. The first kappa shape index (κ1) is 16.4. The maximum Gasteiger partial charge on any atom is 0.162 e. The molecular weight excluding hydrogens is 324 g/mol. The minimum atomic E-state index is -0.542. The number of rotatable bonds is 4. The molecule has 0 spiro atoms. The molecule has 3 rings (SSSR count). The normalized spacial score (nSPS) is 16.5. The molecule has 25 heavy (non-hydrogen) atoms. The van der Waals surface area contributed by atoms with Crippen LogP contribution in [0.15, 0.2) is 51.6 Å². The van der Waals surface area contributed by atoms with Crippen LogP contribution in [0.25, 0.3) is 0 Å². The van der Waals surface area contributed by atoms with E-state index < -0.39 is 6.17 Å². The van der Waals surface area contributed by atoms with Crippen LogP contribution >= 0.6 is 0 Å². The van der Waals surface area contributed by atoms with Gasteiger partial charge in [0, 0.05) is 24.7 Å². The first-order valence-corrected chi connectivity index (χ1v) is 7.41. The molecule has 0 saturated carbocycles. The molecule has 0 radical (unpaired) electrons. The van der Waals surface area contributed by atoms with Crippen LogP contribution in [0.2, 0.25) is 0 Å². The van der Waals surface area contributed by atoms with Gasteiger partial charge in [-0.1, -0.05) is 0 Å². The van der Waals surface area contributed by atoms with E-state index in [4.69, 9.17) is 4.74 Å². The Labute approximate surface area is 143 Å². The molecule has 2 aromatic rings. The molecule has 128 valence electrons. The number of ether oxygens (including phenoxy) is 1. The lowest BCUT2D eigenvalue weighted by molar-refractivity contribution is 0.391. The molecule has 1 unspecified atom stereocenters. The number of nitroso groups, excluding NO2 is 1. The number of hydrogen-bond acceptors (Lipinski definition) is 8. The second-order valence-corrected chi connectivity index (χ2v) is 5.45. The van der Waals surface area contributed by atoms with Crippen molar-refractivity contribution in [1.29, 1.82) is 0 Å². The van der Waals surface area contributed by atoms with E-state index in [1.165, 1.54) is 31.4 Å². The van der Waals surface area contributed by atoms with Crippen molar-refractivity contribution in [1.82, 2.24) is 4.90 Å². The molecular formula is C17H16N4O4. The topological polar surface area (TPSA) is 107 Å². The van der Waals surface area contributed by atoms with Gasteiger partial charge in [0.05, 0.1) is 19.0 Å². The van der Waals surface area contributed by atoms with E-state index in [1.54, 1.807) is 30.4 Å². The number of phenolic OH excluding ortho intramolecular Hbond substituents is 2. The highest BCUT2D eigenvalue weighted by Gasteiger charge is 2.24. The summed E-state index contributed by atoms with van der Waals surface area (Å²) in [5.41, 5.74) is 1.17. The van der Waals surface area contributed by atoms with E-state index >= 15 is 0 Å². The Morgan fingerprint density at radius 1 is 1.20 bits per heavy atom. The third-order valence-corrected chi connectivity index (χ3v) is 3.83. The Hall–Kier alpha value is -3.42. The summed E-state index contributed by atoms with van der Waals surface area (Å²) in [5, 5.41) is 22.5. The van der Waals surface area contributed by atoms with Crippen molar-refractivity contribution in [3.05, 3.63) is 52.4 Å². The standard InChI is InChI=1S/C17H16N4O4/c1-21-9-18-16(13-5-3-10(22)7-15(13)23)19-17(21)12-6-4-11(25-2)8-14(12)20-24/h3-9,17,22-23H,1-2H3. The van der Waals surface area contributed by atoms with Gasteiger partial charge in [-0.25, -0.2) is 9.98 Å². The van der Waals surface area contributed by atoms with Crippen molar-refractivity contribution < 1.29 is 14.9 Å². The minimum Gasteiger partial charge on any atom is -0.508 e. The fourth-order valence-corrected chi connectivity index (χ4v) is 2.53. The molecule has 2 N–H and O–H groups in total. The molecule has 0 fully saturated rings. The SMILES string of the molecule is COc1ccc(C2N=C(c3ccc(O)cc3O)N=CN2C)c(N=O)c1. The second kappa shape index (κ2) is 6.60. The molecule has 0 bridgehead atoms. The van der Waals surface area contributed by atoms with Gasteiger partial charge in [-0.05, 0) is 29.4 Å². The number of methoxy groups -OCH3 is 1. The van der Waals surface area contributed by atoms with E-state index in [0.717, 1.165) is 0 Å². The van der Waals surface area contributed by atoms with Gasteiger partial charge in [-0.15, -0.1) is 4.91 Å². The van der Waals surface area contributed by atoms with E-state index in [0.29, 0.717) is 16.9 Å². The summed E-state index contributed by atoms with van der Waals surface area (Å²) in [6.45, 7) is 0. The number of nitrogens with zero attached hydrogens (tertiary/aromatic N) is 4. The van der Waals surface area contributed by atoms with Crippen LogP contribution < -0.4 is 4.74 Å². The van der Waals surface area contributed by atoms with Crippen LogP contribution in [0.5, 0.6) is 17.2 Å². The van der Waals surface area contributed by atoms with Crippen molar-refractivity contribution in [3.8, 4) is 17.2 Å². The Morgan fingerprint density at radius 2 is 2.00 bits per heavy atom. The molecule has 1 aliphatic heterocycles. The van der Waals surface area contributed by atoms with Gasteiger partial charge in [-0.3, -0.25) is 0 Å². The van der Waals surface area contributed by atoms with Crippen molar-refractivity contribution >= 4 is 17.9 Å². The van der Waals surface area contributed by atoms with Gasteiger partial charge >= 0.3 is 0 Å². The number of hydrogen-bond donors (Lipinski definition) is 2. The van der Waals surface area contributed by atoms with E-state index in [9.17, 15) is 15.1 Å². The molecule has 1 atom stereocenters. The molecule has 0 aromatic heterocycles. The Balaban J connectivity index is 2.05. The summed E-state index contributed by atoms with van der Waals surface area (Å²) in [6, 6.07) is 9.15. The first-order chi connectivity index (χ1) is 12.0. The highest BCUT2D eigenvalue weighted by Crippen LogP contribution is 2.35. The third-order valence-electron chi connectivity index (χ3n) is 3.83. The maximum absolute atomic E-state index is 11.2. The van der Waals surface area contributed by atoms with Crippen molar-refractivity contribution in [3.63, 3.8) is 0 Å². The number of aromatic hydroxyl groups is 2. The van der Waals surface area contributed by atoms with Crippen LogP contribution in [0.4, 0.5) is 5.69 Å². The zero-order chi connectivity index (χ0) is 18.0. The zero-order valence-electron chi connectivity index (χ0n) is 13.6. The van der Waals surface area contributed by atoms with Gasteiger partial charge < -0.3 is 19.8 Å². The van der Waals surface area contributed by atoms with Crippen LogP contribution in [0, 0.1) is 4.91 Å². The lowest BCUT2D eigenvalue weighted by atomic mass is 10.1. The Bertz CT molecular complexity index is 879. The fourth-order valence-electron chi connectivity index (χ4n) is 2.53. The lowest BCUT2D eigenvalue weighted by Crippen LogP contribution is -2.27. The summed E-state index contributed by atoms with van der Waals surface area (Å²) >= 11 is 0. The monoisotopic (exact) mass is 340 g/mol. The van der Waals surface area contributed by atoms with Crippen LogP contribution in [0.1, 0.15) is 17.3 Å². The molecule has 1 aliphatic rings. The maximum atomic E-state index is 11.2. The lowest BCUT2D eigenvalue weighted by Gasteiger charge is -2.27. The van der Waals surface area contributed by atoms with E-state index in [1.807, 2.05) is 0 Å². The quantitative estimate of drug-likeness (QED) is 0.832. The number of aliphatic imine (C=N–C) groups is 2. The third kappa shape index (κ3) is 3.14. The summed E-state index contributed by atoms with van der Waals surface area (Å²) in [7, 11) is 3.27. The highest BCUT2D eigenvalue weighted by molar-refractivity contribution is 6.05. The molecule has 8 heteroatoms. The second-order valence-electron chi connectivity index (χ2n) is 5.45. The fraction of sp³-hybridized carbons (Fsp3) is 0.176. The minimum absolute atomic E-state index is 0.0575. The van der Waals surface area contributed by atoms with Crippen LogP contribution in [0.3, 0.4) is 0 Å². The van der Waals surface area contributed by atoms with Crippen molar-refractivity contribution in [2.24, 2.45) is 15.2 Å². The largest absolute Gasteiger partial charge is 0.508 e. The molecule has 0 saturated heterocycles. The van der Waals surface area contributed by atoms with Crippen LogP contribution in [-0.4, -0.2) is 41.4 Å². The van der Waals surface area contributed by atoms with E-state index in [2.05, 4.69) is 15.2 Å².